The summed E-state index contributed by atoms with van der Waals surface area (Å²) in [6, 6.07) is 16.3. The topological polar surface area (TPSA) is 80.2 Å². The number of methoxy groups -OCH3 is 2. The molecule has 0 bridgehead atoms. The fourth-order valence-electron chi connectivity index (χ4n) is 3.36. The van der Waals surface area contributed by atoms with E-state index in [1.807, 2.05) is 30.3 Å². The summed E-state index contributed by atoms with van der Waals surface area (Å²) >= 11 is 4.98. The van der Waals surface area contributed by atoms with Crippen molar-refractivity contribution in [3.63, 3.8) is 0 Å². The first-order valence-corrected chi connectivity index (χ1v) is 11.3. The zero-order valence-corrected chi connectivity index (χ0v) is 19.8. The molecule has 164 valence electrons. The smallest absolute Gasteiger partial charge is 0.244 e. The summed E-state index contributed by atoms with van der Waals surface area (Å²) in [5.41, 5.74) is 2.42. The van der Waals surface area contributed by atoms with Crippen LogP contribution in [0.15, 0.2) is 63.4 Å². The Kier molecular flexibility index (Phi) is 6.57. The van der Waals surface area contributed by atoms with Gasteiger partial charge in [-0.3, -0.25) is 9.59 Å². The van der Waals surface area contributed by atoms with Gasteiger partial charge in [-0.05, 0) is 52.3 Å². The van der Waals surface area contributed by atoms with E-state index in [2.05, 4.69) is 21.2 Å². The Labute approximate surface area is 197 Å². The van der Waals surface area contributed by atoms with Crippen LogP contribution < -0.4 is 19.7 Å². The molecule has 0 aliphatic carbocycles. The van der Waals surface area contributed by atoms with Crippen molar-refractivity contribution in [2.24, 2.45) is 4.99 Å². The third kappa shape index (κ3) is 4.68. The average molecular weight is 514 g/mol. The van der Waals surface area contributed by atoms with Crippen LogP contribution in [0, 0.1) is 0 Å². The number of hydrogen-bond donors (Lipinski definition) is 1. The quantitative estimate of drug-likeness (QED) is 0.501. The predicted octanol–water partition coefficient (Wildman–Crippen LogP) is 5.02. The second-order valence-electron chi connectivity index (χ2n) is 6.92. The number of nitrogens with one attached hydrogen (secondary N) is 1. The minimum absolute atomic E-state index is 0.0980. The van der Waals surface area contributed by atoms with Gasteiger partial charge in [0.05, 0.1) is 52.1 Å². The fourth-order valence-corrected chi connectivity index (χ4v) is 4.74. The summed E-state index contributed by atoms with van der Waals surface area (Å²) in [6.07, 6.45) is 0.0980. The first-order chi connectivity index (χ1) is 15.5. The van der Waals surface area contributed by atoms with Crippen molar-refractivity contribution in [2.45, 2.75) is 6.42 Å². The minimum Gasteiger partial charge on any atom is -0.497 e. The number of benzene rings is 2. The van der Waals surface area contributed by atoms with Gasteiger partial charge in [-0.1, -0.05) is 12.1 Å². The number of halogens is 1. The minimum atomic E-state index is -0.348. The van der Waals surface area contributed by atoms with Crippen molar-refractivity contribution in [2.75, 3.05) is 31.0 Å². The van der Waals surface area contributed by atoms with Gasteiger partial charge in [0, 0.05) is 6.07 Å². The highest BCUT2D eigenvalue weighted by atomic mass is 79.9. The van der Waals surface area contributed by atoms with E-state index in [1.165, 1.54) is 23.3 Å². The summed E-state index contributed by atoms with van der Waals surface area (Å²) in [5, 5.41) is 2.82. The number of aliphatic imine (C=N–C) groups is 1. The molecule has 0 fully saturated rings. The number of anilines is 2. The van der Waals surface area contributed by atoms with Crippen molar-refractivity contribution in [3.8, 4) is 11.5 Å². The molecule has 0 atom stereocenters. The molecule has 2 heterocycles. The third-order valence-electron chi connectivity index (χ3n) is 4.89. The van der Waals surface area contributed by atoms with Crippen LogP contribution in [0.1, 0.15) is 11.3 Å². The van der Waals surface area contributed by atoms with E-state index >= 15 is 0 Å². The van der Waals surface area contributed by atoms with Gasteiger partial charge in [0.1, 0.15) is 18.0 Å². The first kappa shape index (κ1) is 22.0. The number of amides is 2. The van der Waals surface area contributed by atoms with Gasteiger partial charge >= 0.3 is 0 Å². The van der Waals surface area contributed by atoms with Crippen LogP contribution in [0.5, 0.6) is 11.5 Å². The molecular weight excluding hydrogens is 494 g/mol. The van der Waals surface area contributed by atoms with E-state index in [9.17, 15) is 9.59 Å². The van der Waals surface area contributed by atoms with Gasteiger partial charge in [0.2, 0.25) is 11.8 Å². The lowest BCUT2D eigenvalue weighted by Gasteiger charge is -2.22. The number of ether oxygens (including phenoxy) is 2. The first-order valence-electron chi connectivity index (χ1n) is 9.73. The monoisotopic (exact) mass is 513 g/mol. The van der Waals surface area contributed by atoms with E-state index in [1.54, 1.807) is 31.4 Å². The molecule has 0 radical (unpaired) electrons. The van der Waals surface area contributed by atoms with Crippen LogP contribution in [0.3, 0.4) is 0 Å². The SMILES string of the molecule is COc1ccc(NC(=O)CN2C(=O)CC(c3ccc(Br)s3)=Nc3ccccc32)c(OC)c1. The van der Waals surface area contributed by atoms with Gasteiger partial charge < -0.3 is 19.7 Å². The molecular formula is C23H20BrN3O4S. The van der Waals surface area contributed by atoms with Crippen LogP contribution in [0.25, 0.3) is 0 Å². The fraction of sp³-hybridized carbons (Fsp3) is 0.174. The Morgan fingerprint density at radius 3 is 2.69 bits per heavy atom. The summed E-state index contributed by atoms with van der Waals surface area (Å²) in [5.74, 6) is 0.532. The van der Waals surface area contributed by atoms with Crippen molar-refractivity contribution in [1.82, 2.24) is 0 Å². The van der Waals surface area contributed by atoms with E-state index in [0.29, 0.717) is 34.3 Å². The number of hydrogen-bond acceptors (Lipinski definition) is 6. The van der Waals surface area contributed by atoms with Crippen molar-refractivity contribution in [1.29, 1.82) is 0 Å². The second-order valence-corrected chi connectivity index (χ2v) is 9.39. The summed E-state index contributed by atoms with van der Waals surface area (Å²) in [4.78, 5) is 33.2. The molecule has 2 amide bonds. The van der Waals surface area contributed by atoms with Crippen molar-refractivity contribution in [3.05, 3.63) is 63.3 Å². The number of carbonyl (C=O) groups excluding carboxylic acids is 2. The normalized spacial score (nSPS) is 13.2. The van der Waals surface area contributed by atoms with E-state index in [-0.39, 0.29) is 24.8 Å². The molecule has 4 rings (SSSR count). The molecule has 9 heteroatoms. The van der Waals surface area contributed by atoms with Crippen molar-refractivity contribution >= 4 is 61.9 Å². The number of para-hydroxylation sites is 2. The molecule has 7 nitrogen and oxygen atoms in total. The number of fused-ring (bicyclic) bond motifs is 1. The van der Waals surface area contributed by atoms with Crippen LogP contribution in [0.4, 0.5) is 17.1 Å². The molecule has 1 N–H and O–H groups in total. The second kappa shape index (κ2) is 9.54. The van der Waals surface area contributed by atoms with Gasteiger partial charge in [0.15, 0.2) is 0 Å². The largest absolute Gasteiger partial charge is 0.497 e. The van der Waals surface area contributed by atoms with Crippen LogP contribution in [-0.2, 0) is 9.59 Å². The lowest BCUT2D eigenvalue weighted by molar-refractivity contribution is -0.120. The van der Waals surface area contributed by atoms with E-state index < -0.39 is 0 Å². The molecule has 1 aliphatic rings. The Hall–Kier alpha value is -3.17. The Bertz CT molecular complexity index is 1210. The van der Waals surface area contributed by atoms with Gasteiger partial charge in [0.25, 0.3) is 0 Å². The lowest BCUT2D eigenvalue weighted by atomic mass is 10.2. The van der Waals surface area contributed by atoms with Crippen LogP contribution in [0.2, 0.25) is 0 Å². The lowest BCUT2D eigenvalue weighted by Crippen LogP contribution is -2.38. The summed E-state index contributed by atoms with van der Waals surface area (Å²) in [7, 11) is 3.07. The molecule has 1 aromatic heterocycles. The van der Waals surface area contributed by atoms with Gasteiger partial charge in [-0.2, -0.15) is 0 Å². The average Bonchev–Trinajstić information content (AvgIpc) is 3.18. The predicted molar refractivity (Wildman–Crippen MR) is 130 cm³/mol. The maximum atomic E-state index is 13.2. The molecule has 0 unspecified atom stereocenters. The Morgan fingerprint density at radius 2 is 1.97 bits per heavy atom. The standard InChI is InChI=1S/C23H20BrN3O4S/c1-30-14-7-8-16(19(11-14)31-2)26-22(28)13-27-18-6-4-3-5-15(18)25-17(12-23(27)29)20-9-10-21(24)32-20/h3-11H,12-13H2,1-2H3,(H,26,28). The summed E-state index contributed by atoms with van der Waals surface area (Å²) in [6.45, 7) is -0.151. The Balaban J connectivity index is 1.58. The highest BCUT2D eigenvalue weighted by Crippen LogP contribution is 2.35. The van der Waals surface area contributed by atoms with Crippen LogP contribution >= 0.6 is 27.3 Å². The van der Waals surface area contributed by atoms with E-state index in [4.69, 9.17) is 14.5 Å². The number of thiophene rings is 1. The summed E-state index contributed by atoms with van der Waals surface area (Å²) < 4.78 is 11.5. The van der Waals surface area contributed by atoms with Gasteiger partial charge in [-0.15, -0.1) is 11.3 Å². The van der Waals surface area contributed by atoms with Gasteiger partial charge in [-0.25, -0.2) is 4.99 Å². The zero-order chi connectivity index (χ0) is 22.7. The Morgan fingerprint density at radius 1 is 1.16 bits per heavy atom. The van der Waals surface area contributed by atoms with Crippen LogP contribution in [-0.4, -0.2) is 38.3 Å². The third-order valence-corrected chi connectivity index (χ3v) is 6.56. The molecule has 0 saturated heterocycles. The maximum Gasteiger partial charge on any atom is 0.244 e. The zero-order valence-electron chi connectivity index (χ0n) is 17.4. The highest BCUT2D eigenvalue weighted by molar-refractivity contribution is 9.11. The number of rotatable bonds is 6. The highest BCUT2D eigenvalue weighted by Gasteiger charge is 2.27. The maximum absolute atomic E-state index is 13.2. The molecule has 2 aromatic carbocycles. The number of carbonyl (C=O) groups is 2. The molecule has 3 aromatic rings. The molecule has 0 spiro atoms. The molecule has 1 aliphatic heterocycles. The van der Waals surface area contributed by atoms with E-state index in [0.717, 1.165) is 8.66 Å². The molecule has 0 saturated carbocycles. The van der Waals surface area contributed by atoms with Crippen molar-refractivity contribution < 1.29 is 19.1 Å². The number of nitrogens with zero attached hydrogens (tertiary/aromatic N) is 2. The molecule has 32 heavy (non-hydrogen) atoms.